The zero-order chi connectivity index (χ0) is 17.3. The summed E-state index contributed by atoms with van der Waals surface area (Å²) in [6.45, 7) is 6.11. The molecule has 3 heterocycles. The van der Waals surface area contributed by atoms with Crippen molar-refractivity contribution in [1.29, 1.82) is 0 Å². The Kier molecular flexibility index (Phi) is 4.29. The van der Waals surface area contributed by atoms with Crippen LogP contribution in [0.1, 0.15) is 48.9 Å². The molecule has 3 aromatic rings. The predicted molar refractivity (Wildman–Crippen MR) is 92.7 cm³/mol. The van der Waals surface area contributed by atoms with Crippen molar-refractivity contribution in [1.82, 2.24) is 24.4 Å². The molecule has 1 atom stereocenters. The van der Waals surface area contributed by atoms with Gasteiger partial charge in [0.1, 0.15) is 5.52 Å². The minimum Gasteiger partial charge on any atom is -0.333 e. The van der Waals surface area contributed by atoms with Crippen LogP contribution in [0.3, 0.4) is 0 Å². The van der Waals surface area contributed by atoms with E-state index in [-0.39, 0.29) is 18.0 Å². The van der Waals surface area contributed by atoms with Gasteiger partial charge in [-0.3, -0.25) is 9.78 Å². The number of hydrogen-bond donors (Lipinski definition) is 0. The van der Waals surface area contributed by atoms with Gasteiger partial charge in [-0.05, 0) is 39.0 Å². The zero-order valence-corrected chi connectivity index (χ0v) is 14.3. The van der Waals surface area contributed by atoms with Crippen LogP contribution < -0.4 is 0 Å². The molecule has 0 N–H and O–H groups in total. The van der Waals surface area contributed by atoms with Crippen LogP contribution in [0.25, 0.3) is 11.2 Å². The van der Waals surface area contributed by atoms with Crippen molar-refractivity contribution in [3.05, 3.63) is 54.2 Å². The Labute approximate surface area is 141 Å². The van der Waals surface area contributed by atoms with Gasteiger partial charge in [-0.25, -0.2) is 9.97 Å². The Bertz CT molecular complexity index is 856. The van der Waals surface area contributed by atoms with Crippen LogP contribution in [0.5, 0.6) is 0 Å². The second-order valence-corrected chi connectivity index (χ2v) is 6.16. The maximum Gasteiger partial charge on any atom is 0.255 e. The summed E-state index contributed by atoms with van der Waals surface area (Å²) >= 11 is 0. The fraction of sp³-hybridized carbons (Fsp3) is 0.333. The Balaban J connectivity index is 1.88. The Morgan fingerprint density at radius 1 is 1.17 bits per heavy atom. The fourth-order valence-electron chi connectivity index (χ4n) is 2.61. The van der Waals surface area contributed by atoms with E-state index in [1.807, 2.05) is 29.7 Å². The normalized spacial score (nSPS) is 12.5. The number of amides is 1. The first-order valence-corrected chi connectivity index (χ1v) is 7.99. The lowest BCUT2D eigenvalue weighted by Crippen LogP contribution is -2.30. The third kappa shape index (κ3) is 2.87. The van der Waals surface area contributed by atoms with Crippen molar-refractivity contribution in [3.8, 4) is 0 Å². The molecule has 3 rings (SSSR count). The highest BCUT2D eigenvalue weighted by atomic mass is 16.2. The highest BCUT2D eigenvalue weighted by molar-refractivity contribution is 5.96. The molecule has 0 aliphatic rings. The van der Waals surface area contributed by atoms with E-state index in [1.165, 1.54) is 0 Å². The smallest absolute Gasteiger partial charge is 0.255 e. The number of rotatable bonds is 4. The van der Waals surface area contributed by atoms with Crippen molar-refractivity contribution < 1.29 is 4.79 Å². The Morgan fingerprint density at radius 3 is 2.62 bits per heavy atom. The van der Waals surface area contributed by atoms with Crippen LogP contribution >= 0.6 is 0 Å². The molecule has 3 aromatic heterocycles. The SMILES string of the molecule is CC(c1ccccn1)N(C)C(=O)c1cnc2c(c1)ncn2C(C)C. The van der Waals surface area contributed by atoms with Crippen LogP contribution in [-0.4, -0.2) is 37.4 Å². The highest BCUT2D eigenvalue weighted by Crippen LogP contribution is 2.21. The predicted octanol–water partition coefficient (Wildman–Crippen LogP) is 3.24. The number of carbonyl (C=O) groups is 1. The van der Waals surface area contributed by atoms with Crippen LogP contribution in [-0.2, 0) is 0 Å². The Morgan fingerprint density at radius 2 is 1.96 bits per heavy atom. The lowest BCUT2D eigenvalue weighted by molar-refractivity contribution is 0.0739. The van der Waals surface area contributed by atoms with Crippen molar-refractivity contribution in [2.24, 2.45) is 0 Å². The van der Waals surface area contributed by atoms with Gasteiger partial charge >= 0.3 is 0 Å². The number of hydrogen-bond acceptors (Lipinski definition) is 4. The summed E-state index contributed by atoms with van der Waals surface area (Å²) < 4.78 is 1.99. The van der Waals surface area contributed by atoms with Crippen LogP contribution in [0, 0.1) is 0 Å². The van der Waals surface area contributed by atoms with Crippen molar-refractivity contribution >= 4 is 17.1 Å². The molecule has 124 valence electrons. The summed E-state index contributed by atoms with van der Waals surface area (Å²) in [5, 5.41) is 0. The molecule has 0 saturated carbocycles. The van der Waals surface area contributed by atoms with Crippen LogP contribution in [0.15, 0.2) is 43.0 Å². The molecule has 0 spiro atoms. The molecule has 0 aromatic carbocycles. The lowest BCUT2D eigenvalue weighted by atomic mass is 10.1. The summed E-state index contributed by atoms with van der Waals surface area (Å²) in [5.74, 6) is -0.0957. The van der Waals surface area contributed by atoms with Crippen LogP contribution in [0.2, 0.25) is 0 Å². The van der Waals surface area contributed by atoms with Gasteiger partial charge in [0.2, 0.25) is 0 Å². The molecule has 0 bridgehead atoms. The monoisotopic (exact) mass is 323 g/mol. The summed E-state index contributed by atoms with van der Waals surface area (Å²) in [7, 11) is 1.78. The average molecular weight is 323 g/mol. The third-order valence-electron chi connectivity index (χ3n) is 4.23. The summed E-state index contributed by atoms with van der Waals surface area (Å²) in [4.78, 5) is 27.6. The third-order valence-corrected chi connectivity index (χ3v) is 4.23. The summed E-state index contributed by atoms with van der Waals surface area (Å²) in [6, 6.07) is 7.65. The second-order valence-electron chi connectivity index (χ2n) is 6.16. The van der Waals surface area contributed by atoms with E-state index < -0.39 is 0 Å². The molecule has 0 fully saturated rings. The fourth-order valence-corrected chi connectivity index (χ4v) is 2.61. The number of aromatic nitrogens is 4. The van der Waals surface area contributed by atoms with E-state index >= 15 is 0 Å². The molecule has 0 saturated heterocycles. The van der Waals surface area contributed by atoms with Gasteiger partial charge in [-0.15, -0.1) is 0 Å². The molecule has 0 aliphatic heterocycles. The molecule has 6 heteroatoms. The van der Waals surface area contributed by atoms with Gasteiger partial charge in [0.15, 0.2) is 5.65 Å². The van der Waals surface area contributed by atoms with E-state index in [9.17, 15) is 4.79 Å². The largest absolute Gasteiger partial charge is 0.333 e. The van der Waals surface area contributed by atoms with E-state index in [0.29, 0.717) is 5.56 Å². The van der Waals surface area contributed by atoms with Gasteiger partial charge in [0.25, 0.3) is 5.91 Å². The first-order valence-electron chi connectivity index (χ1n) is 7.99. The summed E-state index contributed by atoms with van der Waals surface area (Å²) in [5.41, 5.74) is 2.91. The molecule has 1 amide bonds. The number of nitrogens with zero attached hydrogens (tertiary/aromatic N) is 5. The Hall–Kier alpha value is -2.76. The van der Waals surface area contributed by atoms with Gasteiger partial charge in [-0.2, -0.15) is 0 Å². The number of imidazole rings is 1. The van der Waals surface area contributed by atoms with Gasteiger partial charge in [-0.1, -0.05) is 6.07 Å². The molecular formula is C18H21N5O. The van der Waals surface area contributed by atoms with Crippen molar-refractivity contribution in [3.63, 3.8) is 0 Å². The number of pyridine rings is 2. The van der Waals surface area contributed by atoms with E-state index in [4.69, 9.17) is 0 Å². The highest BCUT2D eigenvalue weighted by Gasteiger charge is 2.21. The minimum atomic E-state index is -0.123. The second kappa shape index (κ2) is 6.39. The maximum absolute atomic E-state index is 12.8. The molecule has 1 unspecified atom stereocenters. The molecule has 0 aliphatic carbocycles. The van der Waals surface area contributed by atoms with Crippen molar-refractivity contribution in [2.45, 2.75) is 32.9 Å². The van der Waals surface area contributed by atoms with Crippen LogP contribution in [0.4, 0.5) is 0 Å². The average Bonchev–Trinajstić information content (AvgIpc) is 3.04. The van der Waals surface area contributed by atoms with Gasteiger partial charge in [0.05, 0.1) is 23.6 Å². The molecule has 0 radical (unpaired) electrons. The van der Waals surface area contributed by atoms with E-state index in [2.05, 4.69) is 28.8 Å². The first-order chi connectivity index (χ1) is 11.5. The van der Waals surface area contributed by atoms with Crippen molar-refractivity contribution in [2.75, 3.05) is 7.05 Å². The minimum absolute atomic E-state index is 0.0957. The molecule has 6 nitrogen and oxygen atoms in total. The lowest BCUT2D eigenvalue weighted by Gasteiger charge is -2.24. The molecule has 24 heavy (non-hydrogen) atoms. The van der Waals surface area contributed by atoms with Gasteiger partial charge in [0, 0.05) is 25.5 Å². The quantitative estimate of drug-likeness (QED) is 0.739. The molecular weight excluding hydrogens is 302 g/mol. The van der Waals surface area contributed by atoms with E-state index in [1.54, 1.807) is 36.7 Å². The topological polar surface area (TPSA) is 63.9 Å². The zero-order valence-electron chi connectivity index (χ0n) is 14.3. The number of carbonyl (C=O) groups excluding carboxylic acids is 1. The van der Waals surface area contributed by atoms with E-state index in [0.717, 1.165) is 16.9 Å². The van der Waals surface area contributed by atoms with Gasteiger partial charge < -0.3 is 9.47 Å². The first kappa shape index (κ1) is 16.1. The maximum atomic E-state index is 12.8. The summed E-state index contributed by atoms with van der Waals surface area (Å²) in [6.07, 6.45) is 5.11. The number of fused-ring (bicyclic) bond motifs is 1. The standard InChI is InChI=1S/C18H21N5O/c1-12(2)23-11-21-16-9-14(10-20-17(16)23)18(24)22(4)13(3)15-7-5-6-8-19-15/h5-13H,1-4H3.